The van der Waals surface area contributed by atoms with Crippen molar-refractivity contribution in [2.24, 2.45) is 0 Å². The van der Waals surface area contributed by atoms with Gasteiger partial charge < -0.3 is 4.57 Å². The van der Waals surface area contributed by atoms with Crippen LogP contribution < -0.4 is 0 Å². The van der Waals surface area contributed by atoms with E-state index in [1.807, 2.05) is 20.0 Å². The van der Waals surface area contributed by atoms with E-state index in [2.05, 4.69) is 26.4 Å². The normalized spacial score (nSPS) is 10.8. The van der Waals surface area contributed by atoms with Gasteiger partial charge in [-0.05, 0) is 20.8 Å². The number of rotatable bonds is 3. The van der Waals surface area contributed by atoms with Crippen molar-refractivity contribution in [2.45, 2.75) is 33.7 Å². The van der Waals surface area contributed by atoms with Gasteiger partial charge in [0.25, 0.3) is 0 Å². The molecule has 0 aromatic carbocycles. The number of halogens is 1. The predicted octanol–water partition coefficient (Wildman–Crippen LogP) is 2.55. The van der Waals surface area contributed by atoms with Gasteiger partial charge in [0, 0.05) is 18.9 Å². The van der Waals surface area contributed by atoms with E-state index >= 15 is 0 Å². The van der Waals surface area contributed by atoms with E-state index in [9.17, 15) is 0 Å². The van der Waals surface area contributed by atoms with Gasteiger partial charge in [-0.2, -0.15) is 0 Å². The molecule has 0 fully saturated rings. The Morgan fingerprint density at radius 2 is 1.94 bits per heavy atom. The van der Waals surface area contributed by atoms with Crippen molar-refractivity contribution in [3.05, 3.63) is 40.5 Å². The third kappa shape index (κ3) is 2.47. The molecule has 0 amide bonds. The highest BCUT2D eigenvalue weighted by molar-refractivity contribution is 6.30. The van der Waals surface area contributed by atoms with E-state index in [1.54, 1.807) is 6.20 Å². The van der Waals surface area contributed by atoms with Crippen LogP contribution in [-0.2, 0) is 13.0 Å². The molecule has 2 heterocycles. The largest absolute Gasteiger partial charge is 0.335 e. The minimum absolute atomic E-state index is 0.471. The second-order valence-electron chi connectivity index (χ2n) is 3.94. The summed E-state index contributed by atoms with van der Waals surface area (Å²) >= 11 is 6.10. The van der Waals surface area contributed by atoms with Crippen LogP contribution in [0.3, 0.4) is 0 Å². The fourth-order valence-corrected chi connectivity index (χ4v) is 1.92. The molecule has 0 bridgehead atoms. The molecule has 0 aliphatic carbocycles. The van der Waals surface area contributed by atoms with Crippen molar-refractivity contribution in [1.29, 1.82) is 0 Å². The molecule has 4 nitrogen and oxygen atoms in total. The molecule has 0 spiro atoms. The van der Waals surface area contributed by atoms with Gasteiger partial charge in [0.15, 0.2) is 5.15 Å². The minimum Gasteiger partial charge on any atom is -0.335 e. The second-order valence-corrected chi connectivity index (χ2v) is 4.30. The molecule has 17 heavy (non-hydrogen) atoms. The highest BCUT2D eigenvalue weighted by atomic mass is 35.5. The van der Waals surface area contributed by atoms with Crippen molar-refractivity contribution >= 4 is 11.6 Å². The van der Waals surface area contributed by atoms with Crippen LogP contribution in [0.5, 0.6) is 0 Å². The zero-order valence-electron chi connectivity index (χ0n) is 10.2. The molecule has 0 radical (unpaired) electrons. The lowest BCUT2D eigenvalue weighted by Crippen LogP contribution is -2.06. The highest BCUT2D eigenvalue weighted by Gasteiger charge is 2.10. The molecule has 0 aliphatic heterocycles. The summed E-state index contributed by atoms with van der Waals surface area (Å²) in [5.41, 5.74) is 2.58. The van der Waals surface area contributed by atoms with Crippen LogP contribution in [-0.4, -0.2) is 19.5 Å². The van der Waals surface area contributed by atoms with Crippen molar-refractivity contribution in [2.75, 3.05) is 0 Å². The molecule has 0 saturated carbocycles. The summed E-state index contributed by atoms with van der Waals surface area (Å²) in [4.78, 5) is 13.1. The van der Waals surface area contributed by atoms with E-state index in [0.29, 0.717) is 11.6 Å². The molecule has 2 rings (SSSR count). The lowest BCUT2D eigenvalue weighted by Gasteiger charge is -2.07. The van der Waals surface area contributed by atoms with Gasteiger partial charge in [0.05, 0.1) is 23.5 Å². The average Bonchev–Trinajstić information content (AvgIpc) is 2.73. The quantitative estimate of drug-likeness (QED) is 0.841. The second kappa shape index (κ2) is 4.84. The first kappa shape index (κ1) is 12.0. The highest BCUT2D eigenvalue weighted by Crippen LogP contribution is 2.16. The van der Waals surface area contributed by atoms with Crippen LogP contribution in [0.1, 0.15) is 29.8 Å². The molecule has 0 atom stereocenters. The fourth-order valence-electron chi connectivity index (χ4n) is 1.68. The molecule has 90 valence electrons. The summed E-state index contributed by atoms with van der Waals surface area (Å²) in [5, 5.41) is 0.471. The topological polar surface area (TPSA) is 43.6 Å². The van der Waals surface area contributed by atoms with Crippen molar-refractivity contribution in [3.8, 4) is 0 Å². The van der Waals surface area contributed by atoms with Crippen LogP contribution in [0.15, 0.2) is 12.4 Å². The predicted molar refractivity (Wildman–Crippen MR) is 67.2 cm³/mol. The molecule has 0 aliphatic rings. The van der Waals surface area contributed by atoms with Crippen molar-refractivity contribution < 1.29 is 0 Å². The Balaban J connectivity index is 2.33. The maximum Gasteiger partial charge on any atom is 0.151 e. The van der Waals surface area contributed by atoms with E-state index < -0.39 is 0 Å². The molecular formula is C12H15ClN4. The Morgan fingerprint density at radius 1 is 1.24 bits per heavy atom. The van der Waals surface area contributed by atoms with Gasteiger partial charge in [-0.3, -0.25) is 4.98 Å². The van der Waals surface area contributed by atoms with Gasteiger partial charge in [0.2, 0.25) is 0 Å². The average molecular weight is 251 g/mol. The third-order valence-electron chi connectivity index (χ3n) is 2.80. The Kier molecular flexibility index (Phi) is 3.43. The Morgan fingerprint density at radius 3 is 2.65 bits per heavy atom. The molecular weight excluding hydrogens is 236 g/mol. The summed E-state index contributed by atoms with van der Waals surface area (Å²) in [7, 11) is 0. The fraction of sp³-hybridized carbons (Fsp3) is 0.417. The molecule has 0 unspecified atom stereocenters. The van der Waals surface area contributed by atoms with Gasteiger partial charge in [-0.15, -0.1) is 0 Å². The Hall–Kier alpha value is -1.42. The number of hydrogen-bond acceptors (Lipinski definition) is 3. The SMILES string of the molecule is CCn1ccnc1Cc1nc(C)c(C)nc1Cl. The van der Waals surface area contributed by atoms with E-state index in [0.717, 1.165) is 29.5 Å². The van der Waals surface area contributed by atoms with Crippen LogP contribution in [0.25, 0.3) is 0 Å². The summed E-state index contributed by atoms with van der Waals surface area (Å²) in [6.45, 7) is 6.82. The lowest BCUT2D eigenvalue weighted by molar-refractivity contribution is 0.706. The van der Waals surface area contributed by atoms with E-state index in [1.165, 1.54) is 0 Å². The van der Waals surface area contributed by atoms with E-state index in [-0.39, 0.29) is 0 Å². The van der Waals surface area contributed by atoms with Gasteiger partial charge in [-0.25, -0.2) is 9.97 Å². The number of hydrogen-bond donors (Lipinski definition) is 0. The third-order valence-corrected chi connectivity index (χ3v) is 3.10. The summed E-state index contributed by atoms with van der Waals surface area (Å²) < 4.78 is 2.08. The standard InChI is InChI=1S/C12H15ClN4/c1-4-17-6-5-14-11(17)7-10-12(13)16-9(3)8(2)15-10/h5-6H,4,7H2,1-3H3. The lowest BCUT2D eigenvalue weighted by atomic mass is 10.2. The van der Waals surface area contributed by atoms with Crippen LogP contribution in [0.2, 0.25) is 5.15 Å². The van der Waals surface area contributed by atoms with Gasteiger partial charge >= 0.3 is 0 Å². The summed E-state index contributed by atoms with van der Waals surface area (Å²) in [5.74, 6) is 0.965. The van der Waals surface area contributed by atoms with Crippen molar-refractivity contribution in [1.82, 2.24) is 19.5 Å². The Bertz CT molecular complexity index is 533. The first-order valence-corrected chi connectivity index (χ1v) is 5.99. The van der Waals surface area contributed by atoms with Gasteiger partial charge in [0.1, 0.15) is 5.82 Å². The zero-order chi connectivity index (χ0) is 12.4. The molecule has 5 heteroatoms. The summed E-state index contributed by atoms with van der Waals surface area (Å²) in [6.07, 6.45) is 4.37. The van der Waals surface area contributed by atoms with Crippen molar-refractivity contribution in [3.63, 3.8) is 0 Å². The first-order valence-electron chi connectivity index (χ1n) is 5.61. The van der Waals surface area contributed by atoms with Gasteiger partial charge in [-0.1, -0.05) is 11.6 Å². The number of aryl methyl sites for hydroxylation is 3. The van der Waals surface area contributed by atoms with E-state index in [4.69, 9.17) is 11.6 Å². The first-order chi connectivity index (χ1) is 8.11. The zero-order valence-corrected chi connectivity index (χ0v) is 11.0. The maximum absolute atomic E-state index is 6.10. The molecule has 2 aromatic heterocycles. The monoisotopic (exact) mass is 250 g/mol. The minimum atomic E-state index is 0.471. The smallest absolute Gasteiger partial charge is 0.151 e. The number of nitrogens with zero attached hydrogens (tertiary/aromatic N) is 4. The molecule has 0 N–H and O–H groups in total. The molecule has 0 saturated heterocycles. The van der Waals surface area contributed by atoms with Crippen LogP contribution >= 0.6 is 11.6 Å². The number of aromatic nitrogens is 4. The maximum atomic E-state index is 6.10. The molecule has 2 aromatic rings. The number of imidazole rings is 1. The van der Waals surface area contributed by atoms with Crippen LogP contribution in [0.4, 0.5) is 0 Å². The van der Waals surface area contributed by atoms with Crippen LogP contribution in [0, 0.1) is 13.8 Å². The summed E-state index contributed by atoms with van der Waals surface area (Å²) in [6, 6.07) is 0. The Labute approximate surface area is 106 Å².